The van der Waals surface area contributed by atoms with Crippen LogP contribution in [0.4, 0.5) is 0 Å². The summed E-state index contributed by atoms with van der Waals surface area (Å²) < 4.78 is 34.8. The van der Waals surface area contributed by atoms with E-state index in [2.05, 4.69) is 10.2 Å². The minimum absolute atomic E-state index is 0.125. The molecule has 2 aromatic rings. The maximum Gasteiger partial charge on any atom is 0.243 e. The van der Waals surface area contributed by atoms with Crippen LogP contribution in [0.15, 0.2) is 41.3 Å². The number of hydrogen-bond donors (Lipinski definition) is 2. The molecule has 162 valence electrons. The second kappa shape index (κ2) is 7.41. The maximum absolute atomic E-state index is 13.4. The largest absolute Gasteiger partial charge is 0.392 e. The SMILES string of the molecule is O=S(=O)(c1ccc2cc(Cl)ccc2c1)N1CCN2CC3(CCNCC3)OC2(CO)C1. The molecule has 3 aliphatic heterocycles. The monoisotopic (exact) mass is 451 g/mol. The van der Waals surface area contributed by atoms with Crippen molar-refractivity contribution in [1.82, 2.24) is 14.5 Å². The fourth-order valence-corrected chi connectivity index (χ4v) is 6.72. The van der Waals surface area contributed by atoms with E-state index in [1.54, 1.807) is 24.3 Å². The molecule has 0 radical (unpaired) electrons. The summed E-state index contributed by atoms with van der Waals surface area (Å²) in [5, 5.41) is 15.9. The Labute approximate surface area is 181 Å². The third-order valence-electron chi connectivity index (χ3n) is 6.68. The second-order valence-corrected chi connectivity index (χ2v) is 10.9. The Hall–Kier alpha value is -1.26. The molecule has 1 spiro atoms. The molecule has 3 aliphatic rings. The van der Waals surface area contributed by atoms with Crippen molar-refractivity contribution >= 4 is 32.4 Å². The summed E-state index contributed by atoms with van der Waals surface area (Å²) in [4.78, 5) is 2.38. The second-order valence-electron chi connectivity index (χ2n) is 8.55. The quantitative estimate of drug-likeness (QED) is 0.738. The van der Waals surface area contributed by atoms with E-state index in [1.165, 1.54) is 4.31 Å². The van der Waals surface area contributed by atoms with Gasteiger partial charge >= 0.3 is 0 Å². The molecule has 3 fully saturated rings. The Balaban J connectivity index is 1.44. The highest BCUT2D eigenvalue weighted by molar-refractivity contribution is 7.89. The summed E-state index contributed by atoms with van der Waals surface area (Å²) in [5.74, 6) is 0. The molecule has 0 amide bonds. The number of aliphatic hydroxyl groups excluding tert-OH is 1. The third kappa shape index (κ3) is 3.35. The van der Waals surface area contributed by atoms with Gasteiger partial charge in [-0.3, -0.25) is 4.90 Å². The molecule has 30 heavy (non-hydrogen) atoms. The summed E-state index contributed by atoms with van der Waals surface area (Å²) in [6, 6.07) is 10.5. The van der Waals surface area contributed by atoms with Gasteiger partial charge in [0.15, 0.2) is 5.72 Å². The number of halogens is 1. The number of hydrogen-bond acceptors (Lipinski definition) is 6. The van der Waals surface area contributed by atoms with Crippen LogP contribution in [0.5, 0.6) is 0 Å². The highest BCUT2D eigenvalue weighted by Crippen LogP contribution is 2.42. The van der Waals surface area contributed by atoms with Crippen LogP contribution in [0.3, 0.4) is 0 Å². The molecule has 5 rings (SSSR count). The molecular formula is C21H26ClN3O4S. The average molecular weight is 452 g/mol. The highest BCUT2D eigenvalue weighted by atomic mass is 35.5. The number of fused-ring (bicyclic) bond motifs is 2. The number of piperidine rings is 1. The summed E-state index contributed by atoms with van der Waals surface area (Å²) in [5.41, 5.74) is -1.29. The number of sulfonamides is 1. The Morgan fingerprint density at radius 2 is 1.80 bits per heavy atom. The van der Waals surface area contributed by atoms with E-state index in [0.717, 1.165) is 43.2 Å². The summed E-state index contributed by atoms with van der Waals surface area (Å²) >= 11 is 6.04. The lowest BCUT2D eigenvalue weighted by Gasteiger charge is -2.44. The normalized spacial score (nSPS) is 27.5. The first kappa shape index (κ1) is 20.6. The van der Waals surface area contributed by atoms with Crippen LogP contribution in [0.1, 0.15) is 12.8 Å². The van der Waals surface area contributed by atoms with E-state index in [-0.39, 0.29) is 23.6 Å². The van der Waals surface area contributed by atoms with E-state index < -0.39 is 15.7 Å². The topological polar surface area (TPSA) is 82.1 Å². The van der Waals surface area contributed by atoms with Crippen LogP contribution in [0.2, 0.25) is 5.02 Å². The molecule has 0 aromatic heterocycles. The standard InChI is InChI=1S/C21H26ClN3O4S/c22-18-3-1-17-12-19(4-2-16(17)11-18)30(27,28)25-10-9-24-13-20(5-7-23-8-6-20)29-21(24,14-25)15-26/h1-4,11-12,23,26H,5-10,13-15H2. The zero-order chi connectivity index (χ0) is 21.0. The Kier molecular flexibility index (Phi) is 5.10. The molecule has 9 heteroatoms. The van der Waals surface area contributed by atoms with Crippen molar-refractivity contribution in [3.63, 3.8) is 0 Å². The third-order valence-corrected chi connectivity index (χ3v) is 8.75. The number of aliphatic hydroxyl groups is 1. The predicted molar refractivity (Wildman–Crippen MR) is 115 cm³/mol. The molecule has 0 aliphatic carbocycles. The van der Waals surface area contributed by atoms with Crippen molar-refractivity contribution in [2.24, 2.45) is 0 Å². The molecule has 3 saturated heterocycles. The van der Waals surface area contributed by atoms with Gasteiger partial charge in [0.25, 0.3) is 0 Å². The van der Waals surface area contributed by atoms with Crippen molar-refractivity contribution in [1.29, 1.82) is 0 Å². The van der Waals surface area contributed by atoms with Gasteiger partial charge in [0.1, 0.15) is 0 Å². The van der Waals surface area contributed by atoms with Crippen LogP contribution >= 0.6 is 11.6 Å². The van der Waals surface area contributed by atoms with Gasteiger partial charge in [-0.15, -0.1) is 0 Å². The van der Waals surface area contributed by atoms with E-state index in [0.29, 0.717) is 18.1 Å². The molecule has 1 unspecified atom stereocenters. The smallest absolute Gasteiger partial charge is 0.243 e. The molecule has 3 heterocycles. The van der Waals surface area contributed by atoms with Crippen LogP contribution in [-0.4, -0.2) is 79.9 Å². The first-order chi connectivity index (χ1) is 14.4. The molecule has 1 atom stereocenters. The van der Waals surface area contributed by atoms with Gasteiger partial charge in [0.2, 0.25) is 10.0 Å². The van der Waals surface area contributed by atoms with Crippen molar-refractivity contribution < 1.29 is 18.3 Å². The number of ether oxygens (including phenoxy) is 1. The first-order valence-corrected chi connectivity index (χ1v) is 12.1. The predicted octanol–water partition coefficient (Wildman–Crippen LogP) is 1.64. The van der Waals surface area contributed by atoms with E-state index in [9.17, 15) is 13.5 Å². The van der Waals surface area contributed by atoms with Crippen molar-refractivity contribution in [2.45, 2.75) is 29.1 Å². The van der Waals surface area contributed by atoms with E-state index >= 15 is 0 Å². The van der Waals surface area contributed by atoms with E-state index in [4.69, 9.17) is 16.3 Å². The zero-order valence-electron chi connectivity index (χ0n) is 16.7. The molecule has 7 nitrogen and oxygen atoms in total. The van der Waals surface area contributed by atoms with Crippen LogP contribution in [0.25, 0.3) is 10.8 Å². The van der Waals surface area contributed by atoms with E-state index in [1.807, 2.05) is 12.1 Å². The number of piperazine rings is 1. The lowest BCUT2D eigenvalue weighted by atomic mass is 9.92. The minimum atomic E-state index is -3.72. The van der Waals surface area contributed by atoms with Gasteiger partial charge in [-0.1, -0.05) is 23.7 Å². The van der Waals surface area contributed by atoms with Gasteiger partial charge in [-0.2, -0.15) is 4.31 Å². The molecule has 2 N–H and O–H groups in total. The van der Waals surface area contributed by atoms with Crippen LogP contribution < -0.4 is 5.32 Å². The molecular weight excluding hydrogens is 426 g/mol. The van der Waals surface area contributed by atoms with Gasteiger partial charge in [-0.25, -0.2) is 8.42 Å². The number of benzene rings is 2. The Morgan fingerprint density at radius 3 is 2.57 bits per heavy atom. The fraction of sp³-hybridized carbons (Fsp3) is 0.524. The van der Waals surface area contributed by atoms with Crippen molar-refractivity contribution in [2.75, 3.05) is 45.9 Å². The van der Waals surface area contributed by atoms with Gasteiger partial charge < -0.3 is 15.2 Å². The van der Waals surface area contributed by atoms with Crippen molar-refractivity contribution in [3.8, 4) is 0 Å². The number of rotatable bonds is 3. The van der Waals surface area contributed by atoms with Crippen molar-refractivity contribution in [3.05, 3.63) is 41.4 Å². The van der Waals surface area contributed by atoms with Gasteiger partial charge in [-0.05, 0) is 61.0 Å². The Bertz CT molecular complexity index is 1070. The molecule has 0 bridgehead atoms. The van der Waals surface area contributed by atoms with Gasteiger partial charge in [0, 0.05) is 24.7 Å². The lowest BCUT2D eigenvalue weighted by Crippen LogP contribution is -2.62. The zero-order valence-corrected chi connectivity index (χ0v) is 18.3. The molecule has 0 saturated carbocycles. The summed E-state index contributed by atoms with van der Waals surface area (Å²) in [6.07, 6.45) is 1.73. The first-order valence-electron chi connectivity index (χ1n) is 10.3. The summed E-state index contributed by atoms with van der Waals surface area (Å²) in [6.45, 7) is 3.29. The summed E-state index contributed by atoms with van der Waals surface area (Å²) in [7, 11) is -3.72. The highest BCUT2D eigenvalue weighted by Gasteiger charge is 2.57. The lowest BCUT2D eigenvalue weighted by molar-refractivity contribution is -0.184. The van der Waals surface area contributed by atoms with Gasteiger partial charge in [0.05, 0.1) is 23.6 Å². The fourth-order valence-electron chi connectivity index (χ4n) is 5.03. The minimum Gasteiger partial charge on any atom is -0.392 e. The Morgan fingerprint density at radius 1 is 1.07 bits per heavy atom. The number of nitrogens with zero attached hydrogens (tertiary/aromatic N) is 2. The number of nitrogens with one attached hydrogen (secondary N) is 1. The van der Waals surface area contributed by atoms with Crippen LogP contribution in [-0.2, 0) is 14.8 Å². The van der Waals surface area contributed by atoms with Crippen LogP contribution in [0, 0.1) is 0 Å². The molecule has 2 aromatic carbocycles. The maximum atomic E-state index is 13.4. The average Bonchev–Trinajstić information content (AvgIpc) is 3.06.